The number of fused-ring (bicyclic) bond motifs is 1. The van der Waals surface area contributed by atoms with Crippen LogP contribution >= 0.6 is 0 Å². The molecule has 0 saturated carbocycles. The Morgan fingerprint density at radius 2 is 1.82 bits per heavy atom. The van der Waals surface area contributed by atoms with Crippen LogP contribution in [-0.2, 0) is 14.3 Å². The minimum atomic E-state index is -0.797. The Labute approximate surface area is 197 Å². The van der Waals surface area contributed by atoms with Gasteiger partial charge in [0.05, 0.1) is 12.8 Å². The topological polar surface area (TPSA) is 125 Å². The van der Waals surface area contributed by atoms with Gasteiger partial charge in [-0.2, -0.15) is 5.10 Å². The van der Waals surface area contributed by atoms with Crippen molar-refractivity contribution < 1.29 is 33.3 Å². The van der Waals surface area contributed by atoms with Gasteiger partial charge in [-0.3, -0.25) is 9.59 Å². The van der Waals surface area contributed by atoms with E-state index in [4.69, 9.17) is 18.9 Å². The lowest BCUT2D eigenvalue weighted by molar-refractivity contribution is -0.145. The van der Waals surface area contributed by atoms with Crippen LogP contribution in [0.4, 0.5) is 0 Å². The van der Waals surface area contributed by atoms with E-state index in [1.807, 2.05) is 13.8 Å². The van der Waals surface area contributed by atoms with E-state index in [0.29, 0.717) is 35.0 Å². The molecular formula is C24H27N3O7. The van der Waals surface area contributed by atoms with Gasteiger partial charge in [0.2, 0.25) is 6.79 Å². The van der Waals surface area contributed by atoms with Gasteiger partial charge in [-0.15, -0.1) is 0 Å². The Hall–Kier alpha value is -4.08. The summed E-state index contributed by atoms with van der Waals surface area (Å²) in [6.45, 7) is 5.60. The third-order valence-corrected chi connectivity index (χ3v) is 4.80. The van der Waals surface area contributed by atoms with E-state index in [-0.39, 0.29) is 19.3 Å². The molecule has 0 spiro atoms. The largest absolute Gasteiger partial charge is 0.482 e. The minimum absolute atomic E-state index is 0.110. The summed E-state index contributed by atoms with van der Waals surface area (Å²) in [5.41, 5.74) is 3.52. The van der Waals surface area contributed by atoms with Crippen LogP contribution in [0.2, 0.25) is 0 Å². The van der Waals surface area contributed by atoms with E-state index < -0.39 is 23.8 Å². The zero-order valence-electron chi connectivity index (χ0n) is 19.2. The lowest BCUT2D eigenvalue weighted by Crippen LogP contribution is -2.48. The molecule has 1 aliphatic rings. The Bertz CT molecular complexity index is 1050. The number of rotatable bonds is 10. The number of benzene rings is 2. The molecule has 0 fully saturated rings. The molecule has 0 aliphatic carbocycles. The van der Waals surface area contributed by atoms with Crippen LogP contribution in [0.3, 0.4) is 0 Å². The Balaban J connectivity index is 1.53. The highest BCUT2D eigenvalue weighted by atomic mass is 16.7. The van der Waals surface area contributed by atoms with Crippen molar-refractivity contribution in [2.45, 2.75) is 26.8 Å². The van der Waals surface area contributed by atoms with Crippen LogP contribution in [0.1, 0.15) is 36.7 Å². The molecule has 0 radical (unpaired) electrons. The molecule has 0 bridgehead atoms. The fourth-order valence-electron chi connectivity index (χ4n) is 3.03. The summed E-state index contributed by atoms with van der Waals surface area (Å²) in [7, 11) is 0. The maximum absolute atomic E-state index is 12.7. The number of hydrogen-bond acceptors (Lipinski definition) is 8. The average Bonchev–Trinajstić information content (AvgIpc) is 3.29. The molecule has 10 nitrogen and oxygen atoms in total. The smallest absolute Gasteiger partial charge is 0.344 e. The number of carbonyl (C=O) groups is 3. The highest BCUT2D eigenvalue weighted by molar-refractivity contribution is 5.98. The van der Waals surface area contributed by atoms with Gasteiger partial charge in [0, 0.05) is 5.56 Å². The number of nitrogens with zero attached hydrogens (tertiary/aromatic N) is 1. The molecule has 1 atom stereocenters. The maximum Gasteiger partial charge on any atom is 0.344 e. The van der Waals surface area contributed by atoms with Gasteiger partial charge in [0.15, 0.2) is 18.1 Å². The summed E-state index contributed by atoms with van der Waals surface area (Å²) in [5.74, 6) is 0.0810. The van der Waals surface area contributed by atoms with E-state index in [0.717, 1.165) is 0 Å². The first-order valence-corrected chi connectivity index (χ1v) is 10.8. The molecule has 2 aromatic carbocycles. The van der Waals surface area contributed by atoms with Gasteiger partial charge >= 0.3 is 5.97 Å². The molecule has 180 valence electrons. The zero-order chi connectivity index (χ0) is 24.5. The summed E-state index contributed by atoms with van der Waals surface area (Å²) in [5, 5.41) is 6.71. The van der Waals surface area contributed by atoms with Gasteiger partial charge in [-0.25, -0.2) is 10.2 Å². The highest BCUT2D eigenvalue weighted by Gasteiger charge is 2.25. The summed E-state index contributed by atoms with van der Waals surface area (Å²) in [4.78, 5) is 36.6. The summed E-state index contributed by atoms with van der Waals surface area (Å²) >= 11 is 0. The average molecular weight is 469 g/mol. The third kappa shape index (κ3) is 6.71. The van der Waals surface area contributed by atoms with Crippen molar-refractivity contribution in [2.75, 3.05) is 20.0 Å². The summed E-state index contributed by atoms with van der Waals surface area (Å²) in [6.07, 6.45) is 1.46. The predicted molar refractivity (Wildman–Crippen MR) is 123 cm³/mol. The number of hydrazone groups is 1. The van der Waals surface area contributed by atoms with Crippen LogP contribution in [0, 0.1) is 5.92 Å². The lowest BCUT2D eigenvalue weighted by Gasteiger charge is -2.20. The second-order valence-electron chi connectivity index (χ2n) is 7.66. The number of nitrogens with one attached hydrogen (secondary N) is 2. The van der Waals surface area contributed by atoms with Crippen LogP contribution in [0.5, 0.6) is 17.2 Å². The molecule has 0 saturated heterocycles. The molecule has 3 rings (SSSR count). The fraction of sp³-hybridized carbons (Fsp3) is 0.333. The first-order chi connectivity index (χ1) is 16.4. The lowest BCUT2D eigenvalue weighted by atomic mass is 10.0. The second-order valence-corrected chi connectivity index (χ2v) is 7.66. The third-order valence-electron chi connectivity index (χ3n) is 4.80. The number of esters is 1. The Morgan fingerprint density at radius 3 is 2.53 bits per heavy atom. The molecule has 10 heteroatoms. The first-order valence-electron chi connectivity index (χ1n) is 10.8. The second kappa shape index (κ2) is 11.7. The number of amides is 2. The highest BCUT2D eigenvalue weighted by Crippen LogP contribution is 2.32. The van der Waals surface area contributed by atoms with E-state index in [1.165, 1.54) is 6.21 Å². The quantitative estimate of drug-likeness (QED) is 0.311. The molecule has 0 aromatic heterocycles. The van der Waals surface area contributed by atoms with Gasteiger partial charge in [-0.1, -0.05) is 13.8 Å². The summed E-state index contributed by atoms with van der Waals surface area (Å²) < 4.78 is 20.7. The van der Waals surface area contributed by atoms with Crippen molar-refractivity contribution in [3.8, 4) is 17.2 Å². The zero-order valence-corrected chi connectivity index (χ0v) is 19.2. The molecular weight excluding hydrogens is 442 g/mol. The van der Waals surface area contributed by atoms with Crippen molar-refractivity contribution in [1.82, 2.24) is 10.7 Å². The normalized spacial score (nSPS) is 12.9. The molecule has 2 aromatic rings. The molecule has 1 heterocycles. The maximum atomic E-state index is 12.7. The van der Waals surface area contributed by atoms with Gasteiger partial charge in [0.25, 0.3) is 11.8 Å². The molecule has 2 amide bonds. The van der Waals surface area contributed by atoms with Gasteiger partial charge in [-0.05, 0) is 60.9 Å². The molecule has 1 unspecified atom stereocenters. The monoisotopic (exact) mass is 469 g/mol. The van der Waals surface area contributed by atoms with Gasteiger partial charge < -0.3 is 24.3 Å². The van der Waals surface area contributed by atoms with Crippen molar-refractivity contribution in [2.24, 2.45) is 11.0 Å². The number of ether oxygens (including phenoxy) is 4. The minimum Gasteiger partial charge on any atom is -0.482 e. The van der Waals surface area contributed by atoms with E-state index in [1.54, 1.807) is 49.4 Å². The Kier molecular flexibility index (Phi) is 8.44. The standard InChI is InChI=1S/C24H27N3O7/c1-4-31-21(28)13-32-18-8-5-16(6-9-18)12-25-27-24(30)22(15(2)3)26-23(29)17-7-10-19-20(11-17)34-14-33-19/h5-12,15,22H,4,13-14H2,1-3H3,(H,26,29)(H,27,30)/b25-12+. The number of carbonyl (C=O) groups excluding carboxylic acids is 3. The molecule has 1 aliphatic heterocycles. The van der Waals surface area contributed by atoms with E-state index >= 15 is 0 Å². The van der Waals surface area contributed by atoms with Gasteiger partial charge in [0.1, 0.15) is 11.8 Å². The van der Waals surface area contributed by atoms with Crippen molar-refractivity contribution in [1.29, 1.82) is 0 Å². The first kappa shape index (κ1) is 24.6. The Morgan fingerprint density at radius 1 is 1.09 bits per heavy atom. The molecule has 2 N–H and O–H groups in total. The van der Waals surface area contributed by atoms with Crippen LogP contribution in [-0.4, -0.2) is 50.0 Å². The number of hydrogen-bond donors (Lipinski definition) is 2. The SMILES string of the molecule is CCOC(=O)COc1ccc(/C=N/NC(=O)C(NC(=O)c2ccc3c(c2)OCO3)C(C)C)cc1. The van der Waals surface area contributed by atoms with Crippen LogP contribution < -0.4 is 25.0 Å². The van der Waals surface area contributed by atoms with Crippen LogP contribution in [0.15, 0.2) is 47.6 Å². The van der Waals surface area contributed by atoms with Crippen LogP contribution in [0.25, 0.3) is 0 Å². The molecule has 34 heavy (non-hydrogen) atoms. The fourth-order valence-corrected chi connectivity index (χ4v) is 3.03. The van der Waals surface area contributed by atoms with E-state index in [2.05, 4.69) is 15.8 Å². The van der Waals surface area contributed by atoms with Crippen molar-refractivity contribution >= 4 is 24.0 Å². The predicted octanol–water partition coefficient (Wildman–Crippen LogP) is 2.26. The summed E-state index contributed by atoms with van der Waals surface area (Å²) in [6, 6.07) is 10.8. The van der Waals surface area contributed by atoms with E-state index in [9.17, 15) is 14.4 Å². The van der Waals surface area contributed by atoms with Crippen molar-refractivity contribution in [3.05, 3.63) is 53.6 Å². The van der Waals surface area contributed by atoms with Crippen molar-refractivity contribution in [3.63, 3.8) is 0 Å².